The Morgan fingerprint density at radius 3 is 0.470 bits per heavy atom. The summed E-state index contributed by atoms with van der Waals surface area (Å²) < 4.78 is 28.3. The van der Waals surface area contributed by atoms with Crippen molar-refractivity contribution in [2.45, 2.75) is 448 Å². The molecule has 3 nitrogen and oxygen atoms in total. The Balaban J connectivity index is 2.23. The lowest BCUT2D eigenvalue weighted by molar-refractivity contribution is 0.0123. The highest BCUT2D eigenvalue weighted by Gasteiger charge is 2.54. The fourth-order valence-corrected chi connectivity index (χ4v) is 19.5. The molecular formula is C111H171O3P. The van der Waals surface area contributed by atoms with E-state index in [2.05, 4.69) is 379 Å². The Kier molecular flexibility index (Phi) is 31.1. The van der Waals surface area contributed by atoms with Crippen molar-refractivity contribution in [2.75, 3.05) is 0 Å². The molecule has 0 atom stereocenters. The van der Waals surface area contributed by atoms with Crippen LogP contribution in [0.15, 0.2) is 146 Å². The number of hydrogen-bond donors (Lipinski definition) is 0. The molecule has 0 N–H and O–H groups in total. The summed E-state index contributed by atoms with van der Waals surface area (Å²) in [7, 11) is -2.82. The van der Waals surface area contributed by atoms with Crippen molar-refractivity contribution in [1.29, 1.82) is 0 Å². The molecule has 0 aliphatic heterocycles. The molecule has 0 aromatic heterocycles. The predicted molar refractivity (Wildman–Crippen MR) is 509 cm³/mol. The second-order valence-corrected chi connectivity index (χ2v) is 48.3. The summed E-state index contributed by atoms with van der Waals surface area (Å²) in [5.74, 6) is 0. The molecular weight excluding hydrogens is 1410 g/mol. The van der Waals surface area contributed by atoms with Gasteiger partial charge in [0.15, 0.2) is 0 Å². The average molecular weight is 1580 g/mol. The molecule has 0 amide bonds. The molecule has 6 aromatic carbocycles. The number of rotatable bonds is 30. The topological polar surface area (TPSA) is 27.7 Å². The van der Waals surface area contributed by atoms with Crippen molar-refractivity contribution >= 4 is 8.60 Å². The maximum absolute atomic E-state index is 9.44. The zero-order valence-corrected chi connectivity index (χ0v) is 82.7. The average Bonchev–Trinajstić information content (AvgIpc) is 0.719. The molecule has 0 saturated heterocycles. The largest absolute Gasteiger partial charge is 0.337 e. The fourth-order valence-electron chi connectivity index (χ4n) is 17.7. The van der Waals surface area contributed by atoms with E-state index in [-0.39, 0.29) is 65.0 Å². The van der Waals surface area contributed by atoms with Crippen molar-refractivity contribution in [3.05, 3.63) is 246 Å². The van der Waals surface area contributed by atoms with Gasteiger partial charge in [-0.2, -0.15) is 0 Å². The SMILES string of the molecule is C=C(CCCCCC)C(OP(OC(C(=C)CCCCCC)(c1ccc(C(C)(C)C)c(C(C)(C)C)c1)c1ccc(C(C)(C)C)c(C(C)(C)C)c1)OC(C(=C)CCCCCC)(c1ccc(C(C)(C)C)c(C(C)(C)C)c1)c1ccc(C(C)(C)C)c(C(C)(C)C)c1)(c1ccc(C(C)(C)C)c(C(C)(C)C)c1)c1ccc(C(C)(C)C)c(C(C)(C)C)c1. The van der Waals surface area contributed by atoms with Crippen LogP contribution >= 0.6 is 8.60 Å². The molecule has 6 rings (SSSR count). The Morgan fingerprint density at radius 1 is 0.209 bits per heavy atom. The molecule has 0 heterocycles. The molecule has 0 aliphatic carbocycles. The number of hydrogen-bond acceptors (Lipinski definition) is 3. The van der Waals surface area contributed by atoms with E-state index in [0.29, 0.717) is 19.3 Å². The highest BCUT2D eigenvalue weighted by molar-refractivity contribution is 7.41. The van der Waals surface area contributed by atoms with Gasteiger partial charge < -0.3 is 0 Å². The van der Waals surface area contributed by atoms with Gasteiger partial charge in [-0.25, -0.2) is 0 Å². The summed E-state index contributed by atoms with van der Waals surface area (Å²) in [6, 6.07) is 44.3. The smallest absolute Gasteiger partial charge is 0.291 e. The van der Waals surface area contributed by atoms with Gasteiger partial charge in [-0.05, 0) is 220 Å². The molecule has 0 spiro atoms. The minimum absolute atomic E-state index is 0.200. The highest BCUT2D eigenvalue weighted by Crippen LogP contribution is 2.66. The van der Waals surface area contributed by atoms with Gasteiger partial charge in [-0.1, -0.05) is 457 Å². The third kappa shape index (κ3) is 23.1. The van der Waals surface area contributed by atoms with E-state index in [1.54, 1.807) is 0 Å². The molecule has 0 saturated carbocycles. The van der Waals surface area contributed by atoms with E-state index >= 15 is 0 Å². The van der Waals surface area contributed by atoms with Crippen molar-refractivity contribution in [2.24, 2.45) is 0 Å². The Hall–Kier alpha value is -5.15. The van der Waals surface area contributed by atoms with Crippen molar-refractivity contribution in [3.63, 3.8) is 0 Å². The molecule has 638 valence electrons. The first kappa shape index (κ1) is 98.7. The standard InChI is InChI=1S/C111H171O3P/c1-43-46-49-52-55-76(4)109(79-58-64-85(97(7,8)9)91(70-79)103(25,26)27,80-59-65-86(98(10,11)12)92(71-80)104(28,29)30)112-115(113-110(77(5)56-53-50-47-44-2,81-60-66-87(99(13,14)15)93(72-81)105(31,32)33)82-61-67-88(100(16,17)18)94(73-82)106(34,35)36)114-111(78(6)57-54-51-48-45-3,83-62-68-89(101(19,20)21)95(74-83)107(37,38)39)84-63-69-90(102(22,23)24)96(75-84)108(40,41)42/h58-75H,4-6,43-57H2,1-3,7-42H3. The minimum atomic E-state index is -2.82. The van der Waals surface area contributed by atoms with Crippen LogP contribution in [0.3, 0.4) is 0 Å². The van der Waals surface area contributed by atoms with Gasteiger partial charge in [-0.3, -0.25) is 13.6 Å². The monoisotopic (exact) mass is 1580 g/mol. The Labute approximate surface area is 711 Å². The van der Waals surface area contributed by atoms with Gasteiger partial charge in [0, 0.05) is 0 Å². The van der Waals surface area contributed by atoms with Crippen LogP contribution < -0.4 is 0 Å². The molecule has 6 aromatic rings. The van der Waals surface area contributed by atoms with Crippen molar-refractivity contribution in [3.8, 4) is 0 Å². The van der Waals surface area contributed by atoms with Crippen LogP contribution in [0.2, 0.25) is 0 Å². The first-order valence-corrected chi connectivity index (χ1v) is 46.2. The van der Waals surface area contributed by atoms with E-state index in [9.17, 15) is 13.6 Å². The molecule has 0 bridgehead atoms. The van der Waals surface area contributed by atoms with E-state index in [1.165, 1.54) is 66.8 Å². The van der Waals surface area contributed by atoms with Crippen LogP contribution in [-0.4, -0.2) is 0 Å². The summed E-state index contributed by atoms with van der Waals surface area (Å²) in [4.78, 5) is 0. The van der Waals surface area contributed by atoms with E-state index in [4.69, 9.17) is 19.7 Å². The van der Waals surface area contributed by atoms with Crippen molar-refractivity contribution in [1.82, 2.24) is 0 Å². The first-order valence-electron chi connectivity index (χ1n) is 45.1. The van der Waals surface area contributed by atoms with Crippen LogP contribution in [0, 0.1) is 0 Å². The normalized spacial score (nSPS) is 14.0. The lowest BCUT2D eigenvalue weighted by atomic mass is 9.69. The van der Waals surface area contributed by atoms with Crippen LogP contribution in [-0.2, 0) is 95.4 Å². The summed E-state index contributed by atoms with van der Waals surface area (Å²) in [5.41, 5.74) is 17.0. The Morgan fingerprint density at radius 2 is 0.348 bits per heavy atom. The summed E-state index contributed by atoms with van der Waals surface area (Å²) in [6.07, 6.45) is 14.6. The predicted octanol–water partition coefficient (Wildman–Crippen LogP) is 34.2. The maximum Gasteiger partial charge on any atom is 0.337 e. The third-order valence-corrected chi connectivity index (χ3v) is 25.6. The lowest BCUT2D eigenvalue weighted by Crippen LogP contribution is -2.40. The number of unbranched alkanes of at least 4 members (excludes halogenated alkanes) is 9. The van der Waals surface area contributed by atoms with Gasteiger partial charge in [0.1, 0.15) is 16.8 Å². The van der Waals surface area contributed by atoms with E-state index in [1.807, 2.05) is 0 Å². The highest BCUT2D eigenvalue weighted by atomic mass is 31.2. The quantitative estimate of drug-likeness (QED) is 0.0256. The van der Waals surface area contributed by atoms with Crippen LogP contribution in [0.5, 0.6) is 0 Å². The van der Waals surface area contributed by atoms with Gasteiger partial charge >= 0.3 is 8.60 Å². The van der Waals surface area contributed by atoms with Crippen LogP contribution in [0.4, 0.5) is 0 Å². The lowest BCUT2D eigenvalue weighted by Gasteiger charge is -2.48. The Bertz CT molecular complexity index is 3630. The second kappa shape index (κ2) is 36.3. The molecule has 115 heavy (non-hydrogen) atoms. The van der Waals surface area contributed by atoms with Gasteiger partial charge in [0.05, 0.1) is 0 Å². The molecule has 4 heteroatoms. The van der Waals surface area contributed by atoms with Crippen molar-refractivity contribution < 1.29 is 13.6 Å². The molecule has 0 aliphatic rings. The summed E-state index contributed by atoms with van der Waals surface area (Å²) in [5, 5.41) is 0. The van der Waals surface area contributed by atoms with E-state index < -0.39 is 25.4 Å². The zero-order chi connectivity index (χ0) is 87.7. The van der Waals surface area contributed by atoms with E-state index in [0.717, 1.165) is 127 Å². The molecule has 0 fully saturated rings. The summed E-state index contributed by atoms with van der Waals surface area (Å²) in [6.45, 7) is 109. The van der Waals surface area contributed by atoms with Gasteiger partial charge in [0.2, 0.25) is 0 Å². The minimum Gasteiger partial charge on any atom is -0.291 e. The first-order chi connectivity index (χ1) is 52.2. The number of benzene rings is 6. The molecule has 0 unspecified atom stereocenters. The van der Waals surface area contributed by atoms with Gasteiger partial charge in [-0.15, -0.1) is 0 Å². The maximum atomic E-state index is 9.44. The van der Waals surface area contributed by atoms with Gasteiger partial charge in [0.25, 0.3) is 0 Å². The zero-order valence-electron chi connectivity index (χ0n) is 81.8. The molecule has 0 radical (unpaired) electrons. The fraction of sp³-hybridized carbons (Fsp3) is 0.622. The van der Waals surface area contributed by atoms with Crippen LogP contribution in [0.25, 0.3) is 0 Å². The van der Waals surface area contributed by atoms with Crippen LogP contribution in [0.1, 0.15) is 466 Å². The summed E-state index contributed by atoms with van der Waals surface area (Å²) >= 11 is 0. The second-order valence-electron chi connectivity index (χ2n) is 47.3. The third-order valence-electron chi connectivity index (χ3n) is 24.4.